The number of aliphatic hydroxyl groups excluding tert-OH is 1. The molecule has 0 unspecified atom stereocenters. The predicted octanol–water partition coefficient (Wildman–Crippen LogP) is 3.10. The summed E-state index contributed by atoms with van der Waals surface area (Å²) in [6.07, 6.45) is 8.36. The summed E-state index contributed by atoms with van der Waals surface area (Å²) >= 11 is 0. The molecule has 12 heteroatoms. The topological polar surface area (TPSA) is 136 Å². The number of hydrogen-bond donors (Lipinski definition) is 3. The van der Waals surface area contributed by atoms with Gasteiger partial charge in [0.25, 0.3) is 5.91 Å². The monoisotopic (exact) mass is 533 g/mol. The number of benzene rings is 1. The van der Waals surface area contributed by atoms with E-state index in [-0.39, 0.29) is 24.6 Å². The van der Waals surface area contributed by atoms with E-state index in [9.17, 15) is 9.59 Å². The molecule has 12 nitrogen and oxygen atoms in total. The lowest BCUT2D eigenvalue weighted by Gasteiger charge is -2.31. The molecule has 1 aliphatic rings. The molecule has 0 bridgehead atoms. The molecule has 4 heterocycles. The molecule has 5 rings (SSSR count). The van der Waals surface area contributed by atoms with E-state index in [4.69, 9.17) is 14.6 Å². The molecular weight excluding hydrogens is 502 g/mol. The quantitative estimate of drug-likeness (QED) is 0.314. The molecule has 1 aliphatic heterocycles. The van der Waals surface area contributed by atoms with Crippen LogP contribution in [-0.2, 0) is 0 Å². The number of β-amino-alcohol motifs (C(OH)–C–C–N with tert-alkyl or cyclic N) is 1. The van der Waals surface area contributed by atoms with Gasteiger partial charge in [-0.05, 0) is 31.0 Å². The Morgan fingerprint density at radius 2 is 1.97 bits per heavy atom. The maximum Gasteiger partial charge on any atom is 0.325 e. The first-order valence-electron chi connectivity index (χ1n) is 12.7. The van der Waals surface area contributed by atoms with E-state index in [1.165, 1.54) is 11.7 Å². The number of aliphatic hydroxyl groups is 1. The first-order valence-corrected chi connectivity index (χ1v) is 12.7. The van der Waals surface area contributed by atoms with E-state index in [2.05, 4.69) is 25.6 Å². The predicted molar refractivity (Wildman–Crippen MR) is 145 cm³/mol. The maximum atomic E-state index is 12.9. The SMILES string of the molecule is CNC(=O)n1ccc2cc(Oc3ccnc(NC(=O)c4cnn(C5CCN(CCO)CC5)c4)c3)c(OC)cc21. The van der Waals surface area contributed by atoms with Crippen molar-refractivity contribution in [2.24, 2.45) is 0 Å². The smallest absolute Gasteiger partial charge is 0.325 e. The van der Waals surface area contributed by atoms with Gasteiger partial charge in [-0.3, -0.25) is 14.0 Å². The largest absolute Gasteiger partial charge is 0.493 e. The normalized spacial score (nSPS) is 14.3. The van der Waals surface area contributed by atoms with Crippen LogP contribution in [0.4, 0.5) is 10.6 Å². The molecule has 3 aromatic heterocycles. The number of anilines is 1. The van der Waals surface area contributed by atoms with Crippen molar-refractivity contribution in [2.75, 3.05) is 45.7 Å². The number of ether oxygens (including phenoxy) is 2. The van der Waals surface area contributed by atoms with Crippen LogP contribution < -0.4 is 20.1 Å². The molecule has 0 saturated carbocycles. The molecule has 3 N–H and O–H groups in total. The number of fused-ring (bicyclic) bond motifs is 1. The van der Waals surface area contributed by atoms with Crippen LogP contribution in [0.5, 0.6) is 17.2 Å². The highest BCUT2D eigenvalue weighted by molar-refractivity contribution is 6.03. The van der Waals surface area contributed by atoms with E-state index in [1.807, 2.05) is 10.7 Å². The summed E-state index contributed by atoms with van der Waals surface area (Å²) in [4.78, 5) is 31.5. The molecule has 1 aromatic carbocycles. The van der Waals surface area contributed by atoms with E-state index in [0.717, 1.165) is 31.3 Å². The Hall–Kier alpha value is -4.42. The third kappa shape index (κ3) is 5.71. The molecule has 0 aliphatic carbocycles. The highest BCUT2D eigenvalue weighted by Crippen LogP contribution is 2.36. The molecule has 0 atom stereocenters. The Balaban J connectivity index is 1.27. The van der Waals surface area contributed by atoms with Gasteiger partial charge in [0.2, 0.25) is 0 Å². The Bertz CT molecular complexity index is 1470. The minimum atomic E-state index is -0.321. The average molecular weight is 534 g/mol. The van der Waals surface area contributed by atoms with E-state index >= 15 is 0 Å². The van der Waals surface area contributed by atoms with Gasteiger partial charge in [-0.15, -0.1) is 0 Å². The maximum absolute atomic E-state index is 12.9. The average Bonchev–Trinajstić information content (AvgIpc) is 3.61. The van der Waals surface area contributed by atoms with E-state index in [1.54, 1.807) is 56.1 Å². The number of methoxy groups -OCH3 is 1. The molecule has 2 amide bonds. The molecule has 4 aromatic rings. The number of nitrogens with zero attached hydrogens (tertiary/aromatic N) is 5. The summed E-state index contributed by atoms with van der Waals surface area (Å²) in [7, 11) is 3.09. The third-order valence-electron chi connectivity index (χ3n) is 6.82. The number of aromatic nitrogens is 4. The lowest BCUT2D eigenvalue weighted by atomic mass is 10.1. The van der Waals surface area contributed by atoms with Crippen LogP contribution in [0.1, 0.15) is 29.2 Å². The van der Waals surface area contributed by atoms with Crippen LogP contribution in [0, 0.1) is 0 Å². The standard InChI is InChI=1S/C27H31N7O5/c1-28-27(37)33-10-4-18-13-24(23(38-2)15-22(18)33)39-21-3-7-29-25(14-21)31-26(36)19-16-30-34(17-19)20-5-8-32(9-6-20)11-12-35/h3-4,7,10,13-17,20,35H,5-6,8-9,11-12H2,1-2H3,(H,28,37)(H,29,31,36). The molecule has 39 heavy (non-hydrogen) atoms. The highest BCUT2D eigenvalue weighted by atomic mass is 16.5. The molecule has 204 valence electrons. The number of rotatable bonds is 8. The lowest BCUT2D eigenvalue weighted by molar-refractivity contribution is 0.102. The summed E-state index contributed by atoms with van der Waals surface area (Å²) in [6, 6.07) is 8.59. The first kappa shape index (κ1) is 26.2. The van der Waals surface area contributed by atoms with Crippen LogP contribution in [0.3, 0.4) is 0 Å². The Labute approximate surface area is 225 Å². The number of pyridine rings is 1. The van der Waals surface area contributed by atoms with Gasteiger partial charge in [0.15, 0.2) is 11.5 Å². The summed E-state index contributed by atoms with van der Waals surface area (Å²) in [5.74, 6) is 1.36. The number of carbonyl (C=O) groups excluding carboxylic acids is 2. The fraction of sp³-hybridized carbons (Fsp3) is 0.333. The number of amides is 2. The van der Waals surface area contributed by atoms with Crippen molar-refractivity contribution in [3.05, 3.63) is 60.7 Å². The number of likely N-dealkylation sites (tertiary alicyclic amines) is 1. The summed E-state index contributed by atoms with van der Waals surface area (Å²) in [5, 5.41) is 19.8. The van der Waals surface area contributed by atoms with Gasteiger partial charge in [0.1, 0.15) is 11.6 Å². The van der Waals surface area contributed by atoms with E-state index < -0.39 is 0 Å². The van der Waals surface area contributed by atoms with Crippen molar-refractivity contribution in [1.29, 1.82) is 0 Å². The van der Waals surface area contributed by atoms with Crippen LogP contribution in [0.25, 0.3) is 10.9 Å². The Morgan fingerprint density at radius 3 is 2.72 bits per heavy atom. The zero-order chi connectivity index (χ0) is 27.4. The summed E-state index contributed by atoms with van der Waals surface area (Å²) in [5.41, 5.74) is 1.12. The number of carbonyl (C=O) groups is 2. The fourth-order valence-corrected chi connectivity index (χ4v) is 4.74. The van der Waals surface area contributed by atoms with Gasteiger partial charge >= 0.3 is 6.03 Å². The van der Waals surface area contributed by atoms with Crippen LogP contribution >= 0.6 is 0 Å². The number of nitrogens with one attached hydrogen (secondary N) is 2. The summed E-state index contributed by atoms with van der Waals surface area (Å²) in [6.45, 7) is 2.62. The molecular formula is C27H31N7O5. The fourth-order valence-electron chi connectivity index (χ4n) is 4.74. The first-order chi connectivity index (χ1) is 19.0. The van der Waals surface area contributed by atoms with Gasteiger partial charge < -0.3 is 30.1 Å². The van der Waals surface area contributed by atoms with Crippen molar-refractivity contribution in [2.45, 2.75) is 18.9 Å². The third-order valence-corrected chi connectivity index (χ3v) is 6.82. The van der Waals surface area contributed by atoms with Crippen LogP contribution in [0.15, 0.2) is 55.1 Å². The molecule has 0 spiro atoms. The van der Waals surface area contributed by atoms with Crippen LogP contribution in [0.2, 0.25) is 0 Å². The second-order valence-corrected chi connectivity index (χ2v) is 9.24. The molecule has 1 saturated heterocycles. The lowest BCUT2D eigenvalue weighted by Crippen LogP contribution is -2.36. The molecule has 1 fully saturated rings. The van der Waals surface area contributed by atoms with Crippen molar-refractivity contribution in [3.63, 3.8) is 0 Å². The minimum Gasteiger partial charge on any atom is -0.493 e. The molecule has 0 radical (unpaired) electrons. The Morgan fingerprint density at radius 1 is 1.15 bits per heavy atom. The second-order valence-electron chi connectivity index (χ2n) is 9.24. The van der Waals surface area contributed by atoms with Gasteiger partial charge in [0, 0.05) is 62.8 Å². The minimum absolute atomic E-state index is 0.160. The van der Waals surface area contributed by atoms with Crippen molar-refractivity contribution in [1.82, 2.24) is 29.5 Å². The van der Waals surface area contributed by atoms with Gasteiger partial charge in [-0.1, -0.05) is 0 Å². The van der Waals surface area contributed by atoms with Crippen molar-refractivity contribution < 1.29 is 24.2 Å². The van der Waals surface area contributed by atoms with Crippen molar-refractivity contribution >= 4 is 28.7 Å². The zero-order valence-electron chi connectivity index (χ0n) is 21.8. The van der Waals surface area contributed by atoms with Gasteiger partial charge in [-0.2, -0.15) is 5.10 Å². The Kier molecular flexibility index (Phi) is 7.75. The summed E-state index contributed by atoms with van der Waals surface area (Å²) < 4.78 is 14.9. The van der Waals surface area contributed by atoms with Gasteiger partial charge in [0.05, 0.1) is 37.0 Å². The van der Waals surface area contributed by atoms with Gasteiger partial charge in [-0.25, -0.2) is 9.78 Å². The number of hydrogen-bond acceptors (Lipinski definition) is 8. The van der Waals surface area contributed by atoms with Crippen LogP contribution in [-0.4, -0.2) is 81.7 Å². The van der Waals surface area contributed by atoms with Crippen molar-refractivity contribution in [3.8, 4) is 17.2 Å². The van der Waals surface area contributed by atoms with E-state index in [0.29, 0.717) is 40.7 Å². The highest BCUT2D eigenvalue weighted by Gasteiger charge is 2.22. The second kappa shape index (κ2) is 11.5. The zero-order valence-corrected chi connectivity index (χ0v) is 21.8. The number of piperidine rings is 1.